The molecule has 2 aliphatic rings. The number of benzene rings is 4. The molecule has 2 aliphatic heterocycles. The Balaban J connectivity index is 0.00000352. The van der Waals surface area contributed by atoms with Crippen LogP contribution in [-0.2, 0) is 50.6 Å². The number of halogens is 1. The predicted molar refractivity (Wildman–Crippen MR) is 226 cm³/mol. The zero-order valence-electron chi connectivity index (χ0n) is 35.8. The summed E-state index contributed by atoms with van der Waals surface area (Å²) in [6.45, 7) is 8.44. The summed E-state index contributed by atoms with van der Waals surface area (Å²) >= 11 is 7.49. The van der Waals surface area contributed by atoms with Gasteiger partial charge in [0, 0.05) is 68.9 Å². The fourth-order valence-electron chi connectivity index (χ4n) is 8.20. The summed E-state index contributed by atoms with van der Waals surface area (Å²) in [6.07, 6.45) is 10.7. The topological polar surface area (TPSA) is 219 Å². The van der Waals surface area contributed by atoms with Gasteiger partial charge in [0.15, 0.2) is 5.71 Å². The molecule has 6 rings (SSSR count). The van der Waals surface area contributed by atoms with E-state index in [1.807, 2.05) is 73.6 Å². The molecule has 320 valence electrons. The molecule has 14 nitrogen and oxygen atoms in total. The van der Waals surface area contributed by atoms with E-state index in [2.05, 4.69) is 9.37 Å². The molecule has 0 unspecified atom stereocenters. The minimum absolute atomic E-state index is 0. The zero-order chi connectivity index (χ0) is 43.8. The number of hydrogen-bond acceptors (Lipinski definition) is 14. The number of fused-ring (bicyclic) bond motifs is 6. The Morgan fingerprint density at radius 3 is 2.06 bits per heavy atom. The van der Waals surface area contributed by atoms with Crippen molar-refractivity contribution in [2.45, 2.75) is 61.2 Å². The summed E-state index contributed by atoms with van der Waals surface area (Å²) in [6, 6.07) is 17.0. The van der Waals surface area contributed by atoms with Gasteiger partial charge in [-0.25, -0.2) is 25.3 Å². The van der Waals surface area contributed by atoms with Gasteiger partial charge in [0.25, 0.3) is 0 Å². The summed E-state index contributed by atoms with van der Waals surface area (Å²) in [5, 5.41) is 17.2. The first-order chi connectivity index (χ1) is 28.0. The molecule has 0 saturated heterocycles. The first-order valence-corrected chi connectivity index (χ1v) is 24.2. The summed E-state index contributed by atoms with van der Waals surface area (Å²) in [4.78, 5) is 2.28. The summed E-state index contributed by atoms with van der Waals surface area (Å²) in [5.74, 6) is -1.10. The van der Waals surface area contributed by atoms with Gasteiger partial charge in [-0.15, -0.1) is 0 Å². The number of allylic oxidation sites excluding steroid dienone is 8. The van der Waals surface area contributed by atoms with E-state index in [0.29, 0.717) is 20.7 Å². The van der Waals surface area contributed by atoms with Crippen molar-refractivity contribution >= 4 is 92.6 Å². The Morgan fingerprint density at radius 2 is 1.41 bits per heavy atom. The van der Waals surface area contributed by atoms with Gasteiger partial charge in [-0.1, -0.05) is 55.8 Å². The van der Waals surface area contributed by atoms with E-state index >= 15 is 0 Å². The van der Waals surface area contributed by atoms with Crippen molar-refractivity contribution in [3.05, 3.63) is 119 Å². The summed E-state index contributed by atoms with van der Waals surface area (Å²) in [7, 11) is -13.6. The monoisotopic (exact) mass is 1030 g/mol. The molecule has 4 aromatic rings. The van der Waals surface area contributed by atoms with E-state index in [9.17, 15) is 44.2 Å². The quantitative estimate of drug-likeness (QED) is 0.0212. The second kappa shape index (κ2) is 23.7. The Kier molecular flexibility index (Phi) is 22.0. The van der Waals surface area contributed by atoms with Crippen LogP contribution >= 0.6 is 23.6 Å². The molecule has 63 heavy (non-hydrogen) atoms. The van der Waals surface area contributed by atoms with Crippen LogP contribution in [0.1, 0.15) is 51.7 Å². The fraction of sp³-hybridized carbons (Fsp3) is 0.293. The van der Waals surface area contributed by atoms with Crippen LogP contribution in [0.15, 0.2) is 118 Å². The molecule has 0 atom stereocenters. The molecule has 0 bridgehead atoms. The maximum atomic E-state index is 11.8. The molecular weight excluding hydrogens is 993 g/mol. The van der Waals surface area contributed by atoms with Crippen molar-refractivity contribution in [1.82, 2.24) is 0 Å². The van der Waals surface area contributed by atoms with Crippen molar-refractivity contribution in [2.24, 2.45) is 0 Å². The van der Waals surface area contributed by atoms with Crippen LogP contribution < -0.4 is 164 Å². The van der Waals surface area contributed by atoms with Crippen molar-refractivity contribution < 1.29 is 212 Å². The van der Waals surface area contributed by atoms with E-state index in [-0.39, 0.29) is 185 Å². The maximum Gasteiger partial charge on any atom is 1.00 e. The average molecular weight is 1030 g/mol. The number of nitrogens with zero attached hydrogens (tertiary/aromatic N) is 2. The number of rotatable bonds is 16. The number of anilines is 1. The number of hydrogen-bond donors (Lipinski definition) is 0. The van der Waals surface area contributed by atoms with Crippen LogP contribution in [0.25, 0.3) is 21.5 Å². The molecule has 0 amide bonds. The molecule has 4 aromatic carbocycles. The van der Waals surface area contributed by atoms with Crippen molar-refractivity contribution in [3.8, 4) is 0 Å². The van der Waals surface area contributed by atoms with Crippen LogP contribution in [-0.4, -0.2) is 73.8 Å². The minimum atomic E-state index is -4.70. The molecule has 2 heterocycles. The van der Waals surface area contributed by atoms with Crippen molar-refractivity contribution in [2.75, 3.05) is 29.5 Å². The molecule has 0 spiro atoms. The van der Waals surface area contributed by atoms with E-state index in [4.69, 9.17) is 11.6 Å². The molecular formula is C41H40ClK3N2O12S4. The maximum absolute atomic E-state index is 11.8. The van der Waals surface area contributed by atoms with Gasteiger partial charge in [0.1, 0.15) is 16.7 Å². The third-order valence-corrected chi connectivity index (χ3v) is 13.9. The van der Waals surface area contributed by atoms with E-state index in [1.165, 1.54) is 12.1 Å². The van der Waals surface area contributed by atoms with Crippen LogP contribution in [0, 0.1) is 0 Å². The normalized spacial score (nSPS) is 16.7. The second-order valence-electron chi connectivity index (χ2n) is 15.3. The Hall–Kier alpha value is 0.989. The van der Waals surface area contributed by atoms with Crippen LogP contribution in [0.5, 0.6) is 0 Å². The van der Waals surface area contributed by atoms with Gasteiger partial charge < -0.3 is 23.8 Å². The van der Waals surface area contributed by atoms with Crippen LogP contribution in [0.3, 0.4) is 0 Å². The Bertz CT molecular complexity index is 2880. The smallest absolute Gasteiger partial charge is 0.748 e. The zero-order valence-corrected chi connectivity index (χ0v) is 49.2. The van der Waals surface area contributed by atoms with Gasteiger partial charge in [0.2, 0.25) is 5.69 Å². The predicted octanol–water partition coefficient (Wildman–Crippen LogP) is -2.70. The molecule has 22 heteroatoms. The molecule has 0 aromatic heterocycles. The third-order valence-electron chi connectivity index (χ3n) is 10.7. The van der Waals surface area contributed by atoms with Crippen LogP contribution in [0.2, 0.25) is 0 Å². The van der Waals surface area contributed by atoms with E-state index < -0.39 is 52.7 Å². The SMILES string of the molecule is CC1(C)C(=CC=CC(Cl)=CC=CC2=[N+](CCCS(=O)(=O)[O-])c3ccc4cc(S(=O)(=O)[O-])ccc4c3C2(C)C)N(CCCS(=O)(=O)[O-])c2ccc3cc(SOO[O-])ccc3c21.[K+].[K+].[K+]. The van der Waals surface area contributed by atoms with Crippen LogP contribution in [0.4, 0.5) is 11.4 Å². The second-order valence-corrected chi connectivity index (χ2v) is 21.0. The van der Waals surface area contributed by atoms with Crippen molar-refractivity contribution in [3.63, 3.8) is 0 Å². The first kappa shape index (κ1) is 58.3. The minimum Gasteiger partial charge on any atom is -0.748 e. The average Bonchev–Trinajstić information content (AvgIpc) is 3.50. The first-order valence-electron chi connectivity index (χ1n) is 18.5. The van der Waals surface area contributed by atoms with E-state index in [1.54, 1.807) is 48.6 Å². The summed E-state index contributed by atoms with van der Waals surface area (Å²) in [5.41, 5.74) is 3.67. The Labute approximate surface area is 505 Å². The van der Waals surface area contributed by atoms with Gasteiger partial charge in [-0.05, 0) is 102 Å². The standard InChI is InChI=1S/C41H43ClN2O12S4.3K/c1-40(2)36(43(21-7-23-58(46,47)48)34-19-13-27-25-30(57-56-55-45)15-17-32(27)38(34)40)11-5-9-29(42)10-6-12-37-41(3,4)39-33-18-16-31(60(52,53)54)26-28(33)14-20-35(39)44(37)22-8-24-59(49,50)51;;;/h5-6,9-20,25-26H,7-8,21-24H2,1-4H3,(H3-,45,46,47,48,49,50,51,52,53,54);;;/q;3*+1/p-3. The van der Waals surface area contributed by atoms with Gasteiger partial charge in [0.05, 0.1) is 42.6 Å². The Morgan fingerprint density at radius 1 is 0.794 bits per heavy atom. The van der Waals surface area contributed by atoms with Crippen molar-refractivity contribution in [1.29, 1.82) is 0 Å². The van der Waals surface area contributed by atoms with Gasteiger partial charge in [-0.3, -0.25) is 5.04 Å². The largest absolute Gasteiger partial charge is 1.00 e. The van der Waals surface area contributed by atoms with Gasteiger partial charge >= 0.3 is 154 Å². The molecule has 0 radical (unpaired) electrons. The summed E-state index contributed by atoms with van der Waals surface area (Å²) < 4.78 is 111. The molecule has 0 aliphatic carbocycles. The molecule has 0 fully saturated rings. The fourth-order valence-corrected chi connectivity index (χ4v) is 10.2. The third kappa shape index (κ3) is 14.1. The van der Waals surface area contributed by atoms with E-state index in [0.717, 1.165) is 56.7 Å². The molecule has 0 saturated carbocycles. The molecule has 0 N–H and O–H groups in total. The van der Waals surface area contributed by atoms with Gasteiger partial charge in [-0.2, -0.15) is 8.91 Å².